The van der Waals surface area contributed by atoms with Crippen LogP contribution in [0.3, 0.4) is 0 Å². The van der Waals surface area contributed by atoms with Crippen LogP contribution in [0.25, 0.3) is 0 Å². The molecule has 0 bridgehead atoms. The number of urea groups is 1. The van der Waals surface area contributed by atoms with Crippen LogP contribution in [0.1, 0.15) is 42.1 Å². The highest BCUT2D eigenvalue weighted by molar-refractivity contribution is 5.81. The molecule has 0 atom stereocenters. The van der Waals surface area contributed by atoms with E-state index in [1.807, 2.05) is 18.2 Å². The van der Waals surface area contributed by atoms with Crippen molar-refractivity contribution >= 4 is 17.6 Å². The number of benzene rings is 1. The molecule has 37 heavy (non-hydrogen) atoms. The highest BCUT2D eigenvalue weighted by Crippen LogP contribution is 2.31. The summed E-state index contributed by atoms with van der Waals surface area (Å²) in [4.78, 5) is 32.6. The topological polar surface area (TPSA) is 89.6 Å². The molecule has 2 heterocycles. The fourth-order valence-electron chi connectivity index (χ4n) is 4.26. The number of nitrogens with zero attached hydrogens (tertiary/aromatic N) is 3. The van der Waals surface area contributed by atoms with Crippen molar-refractivity contribution in [3.05, 3.63) is 58.9 Å². The molecule has 0 saturated heterocycles. The van der Waals surface area contributed by atoms with Crippen molar-refractivity contribution in [1.29, 1.82) is 0 Å². The third-order valence-electron chi connectivity index (χ3n) is 6.31. The van der Waals surface area contributed by atoms with Crippen LogP contribution in [-0.2, 0) is 30.5 Å². The van der Waals surface area contributed by atoms with Gasteiger partial charge in [0.25, 0.3) is 0 Å². The summed E-state index contributed by atoms with van der Waals surface area (Å²) < 4.78 is 40.3. The molecule has 3 rings (SSSR count). The zero-order valence-electron chi connectivity index (χ0n) is 21.3. The van der Waals surface area contributed by atoms with Crippen molar-refractivity contribution in [1.82, 2.24) is 25.4 Å². The highest BCUT2D eigenvalue weighted by atomic mass is 19.4. The van der Waals surface area contributed by atoms with E-state index in [9.17, 15) is 22.8 Å². The van der Waals surface area contributed by atoms with Crippen LogP contribution in [0.5, 0.6) is 0 Å². The molecule has 0 unspecified atom stereocenters. The minimum Gasteiger partial charge on any atom is -0.376 e. The maximum Gasteiger partial charge on any atom is 0.418 e. The Bertz CT molecular complexity index is 1060. The summed E-state index contributed by atoms with van der Waals surface area (Å²) in [6, 6.07) is 7.84. The summed E-state index contributed by atoms with van der Waals surface area (Å²) in [5, 5.41) is 9.05. The molecule has 1 aliphatic rings. The van der Waals surface area contributed by atoms with Gasteiger partial charge >= 0.3 is 12.2 Å². The van der Waals surface area contributed by atoms with Crippen LogP contribution >= 0.6 is 0 Å². The Morgan fingerprint density at radius 2 is 1.97 bits per heavy atom. The third-order valence-corrected chi connectivity index (χ3v) is 6.31. The number of carbonyl (C=O) groups is 2. The molecule has 3 amide bonds. The maximum atomic E-state index is 13.4. The van der Waals surface area contributed by atoms with E-state index in [-0.39, 0.29) is 37.3 Å². The van der Waals surface area contributed by atoms with E-state index < -0.39 is 11.7 Å². The van der Waals surface area contributed by atoms with E-state index in [0.717, 1.165) is 35.7 Å². The first kappa shape index (κ1) is 28.2. The second-order valence-corrected chi connectivity index (χ2v) is 8.97. The molecule has 1 aliphatic heterocycles. The number of anilines is 1. The standard InChI is InChI=1S/C26H35F3N6O2/c1-3-4-11-32-25(37)35-14-10-20-19(17-35)7-5-9-22(20)33-16-24(36)34(15-13-30-2)18-23-21(26(27,28)29)8-6-12-31-23/h5-9,12,30,33H,3-4,10-11,13-18H2,1-2H3,(H,32,37). The van der Waals surface area contributed by atoms with E-state index >= 15 is 0 Å². The Morgan fingerprint density at radius 1 is 1.16 bits per heavy atom. The summed E-state index contributed by atoms with van der Waals surface area (Å²) in [5.74, 6) is -0.334. The van der Waals surface area contributed by atoms with E-state index in [4.69, 9.17) is 0 Å². The van der Waals surface area contributed by atoms with E-state index in [1.54, 1.807) is 11.9 Å². The highest BCUT2D eigenvalue weighted by Gasteiger charge is 2.34. The number of hydrogen-bond acceptors (Lipinski definition) is 5. The van der Waals surface area contributed by atoms with Crippen molar-refractivity contribution in [2.45, 2.75) is 45.5 Å². The van der Waals surface area contributed by atoms with Crippen molar-refractivity contribution in [3.63, 3.8) is 0 Å². The van der Waals surface area contributed by atoms with Gasteiger partial charge in [-0.05, 0) is 49.2 Å². The molecule has 202 valence electrons. The Balaban J connectivity index is 1.67. The molecule has 0 saturated carbocycles. The van der Waals surface area contributed by atoms with Crippen LogP contribution in [0.15, 0.2) is 36.5 Å². The summed E-state index contributed by atoms with van der Waals surface area (Å²) >= 11 is 0. The molecule has 1 aromatic heterocycles. The second kappa shape index (κ2) is 13.3. The summed E-state index contributed by atoms with van der Waals surface area (Å²) in [6.45, 7) is 4.10. The maximum absolute atomic E-state index is 13.4. The number of hydrogen-bond donors (Lipinski definition) is 3. The fraction of sp³-hybridized carbons (Fsp3) is 0.500. The van der Waals surface area contributed by atoms with Gasteiger partial charge < -0.3 is 25.8 Å². The third kappa shape index (κ3) is 7.82. The lowest BCUT2D eigenvalue weighted by molar-refractivity contribution is -0.140. The monoisotopic (exact) mass is 520 g/mol. The zero-order valence-corrected chi connectivity index (χ0v) is 21.3. The molecule has 2 aromatic rings. The van der Waals surface area contributed by atoms with Gasteiger partial charge in [-0.2, -0.15) is 13.2 Å². The van der Waals surface area contributed by atoms with E-state index in [1.165, 1.54) is 17.2 Å². The van der Waals surface area contributed by atoms with Crippen LogP contribution in [0.2, 0.25) is 0 Å². The van der Waals surface area contributed by atoms with Crippen LogP contribution in [0, 0.1) is 0 Å². The Kier molecular flexibility index (Phi) is 10.1. The predicted molar refractivity (Wildman–Crippen MR) is 136 cm³/mol. The minimum absolute atomic E-state index is 0.0738. The number of amides is 3. The van der Waals surface area contributed by atoms with Crippen LogP contribution in [0.4, 0.5) is 23.7 Å². The first-order valence-electron chi connectivity index (χ1n) is 12.6. The first-order valence-corrected chi connectivity index (χ1v) is 12.6. The fourth-order valence-corrected chi connectivity index (χ4v) is 4.26. The Morgan fingerprint density at radius 3 is 2.70 bits per heavy atom. The number of likely N-dealkylation sites (N-methyl/N-ethyl adjacent to an activating group) is 1. The summed E-state index contributed by atoms with van der Waals surface area (Å²) in [6.07, 6.45) is -0.674. The molecular weight excluding hydrogens is 485 g/mol. The number of unbranched alkanes of at least 4 members (excludes halogenated alkanes) is 1. The average Bonchev–Trinajstić information content (AvgIpc) is 2.89. The smallest absolute Gasteiger partial charge is 0.376 e. The van der Waals surface area contributed by atoms with Crippen molar-refractivity contribution in [3.8, 4) is 0 Å². The number of carbonyl (C=O) groups excluding carboxylic acids is 2. The predicted octanol–water partition coefficient (Wildman–Crippen LogP) is 3.63. The Labute approximate surface area is 215 Å². The summed E-state index contributed by atoms with van der Waals surface area (Å²) in [7, 11) is 1.71. The Hall–Kier alpha value is -3.34. The number of rotatable bonds is 11. The van der Waals surface area contributed by atoms with Crippen molar-refractivity contribution in [2.24, 2.45) is 0 Å². The number of alkyl halides is 3. The van der Waals surface area contributed by atoms with Gasteiger partial charge in [0.05, 0.1) is 24.3 Å². The largest absolute Gasteiger partial charge is 0.418 e. The molecular formula is C26H35F3N6O2. The molecule has 8 nitrogen and oxygen atoms in total. The number of aromatic nitrogens is 1. The van der Waals surface area contributed by atoms with Crippen LogP contribution in [-0.4, -0.2) is 66.5 Å². The van der Waals surface area contributed by atoms with Gasteiger partial charge in [-0.3, -0.25) is 9.78 Å². The first-order chi connectivity index (χ1) is 17.7. The SMILES string of the molecule is CCCCNC(=O)N1CCc2c(cccc2NCC(=O)N(CCNC)Cc2ncccc2C(F)(F)F)C1. The van der Waals surface area contributed by atoms with Gasteiger partial charge in [0.15, 0.2) is 0 Å². The number of nitrogens with one attached hydrogen (secondary N) is 3. The quantitative estimate of drug-likeness (QED) is 0.394. The zero-order chi connectivity index (χ0) is 26.8. The van der Waals surface area contributed by atoms with Gasteiger partial charge in [0.2, 0.25) is 5.91 Å². The van der Waals surface area contributed by atoms with Gasteiger partial charge in [-0.15, -0.1) is 0 Å². The number of halogens is 3. The minimum atomic E-state index is -4.55. The second-order valence-electron chi connectivity index (χ2n) is 8.97. The van der Waals surface area contributed by atoms with E-state index in [0.29, 0.717) is 32.6 Å². The molecule has 0 fully saturated rings. The normalized spacial score (nSPS) is 13.2. The molecule has 11 heteroatoms. The summed E-state index contributed by atoms with van der Waals surface area (Å²) in [5.41, 5.74) is 1.81. The number of fused-ring (bicyclic) bond motifs is 1. The van der Waals surface area contributed by atoms with Gasteiger partial charge in [-0.1, -0.05) is 25.5 Å². The molecule has 1 aromatic carbocycles. The van der Waals surface area contributed by atoms with Crippen molar-refractivity contribution in [2.75, 3.05) is 45.1 Å². The lowest BCUT2D eigenvalue weighted by Gasteiger charge is -2.30. The van der Waals surface area contributed by atoms with Gasteiger partial charge in [0, 0.05) is 44.6 Å². The van der Waals surface area contributed by atoms with Gasteiger partial charge in [-0.25, -0.2) is 4.79 Å². The lowest BCUT2D eigenvalue weighted by atomic mass is 9.98. The van der Waals surface area contributed by atoms with Crippen molar-refractivity contribution < 1.29 is 22.8 Å². The van der Waals surface area contributed by atoms with E-state index in [2.05, 4.69) is 27.9 Å². The van der Waals surface area contributed by atoms with Gasteiger partial charge in [0.1, 0.15) is 0 Å². The molecule has 0 spiro atoms. The molecule has 3 N–H and O–H groups in total. The molecule has 0 aliphatic carbocycles. The lowest BCUT2D eigenvalue weighted by Crippen LogP contribution is -2.43. The van der Waals surface area contributed by atoms with Crippen LogP contribution < -0.4 is 16.0 Å². The number of pyridine rings is 1. The molecule has 0 radical (unpaired) electrons. The average molecular weight is 521 g/mol.